The molecule has 0 spiro atoms. The molecule has 0 nitrogen and oxygen atoms in total. The van der Waals surface area contributed by atoms with Gasteiger partial charge in [0.05, 0.1) is 0 Å². The molecule has 0 atom stereocenters. The summed E-state index contributed by atoms with van der Waals surface area (Å²) in [6.07, 6.45) is 2.27. The van der Waals surface area contributed by atoms with Crippen molar-refractivity contribution < 1.29 is 0 Å². The summed E-state index contributed by atoms with van der Waals surface area (Å²) in [5, 5.41) is 0. The van der Waals surface area contributed by atoms with Gasteiger partial charge in [0.2, 0.25) is 0 Å². The van der Waals surface area contributed by atoms with Crippen LogP contribution in [0.15, 0.2) is 12.2 Å². The smallest absolute Gasteiger partial charge is 0.0352 e. The molecule has 10 heavy (non-hydrogen) atoms. The van der Waals surface area contributed by atoms with Crippen molar-refractivity contribution >= 4 is 0 Å². The first-order valence-electron chi connectivity index (χ1n) is 4.47. The average molecular weight is 144 g/mol. The molecule has 0 N–H and O–H groups in total. The molecular formula is C10H24. The second-order valence-electron chi connectivity index (χ2n) is 1.46. The van der Waals surface area contributed by atoms with Gasteiger partial charge in [-0.3, -0.25) is 0 Å². The van der Waals surface area contributed by atoms with Crippen LogP contribution in [0.4, 0.5) is 0 Å². The number of hydrogen-bond donors (Lipinski definition) is 0. The molecule has 0 aromatic rings. The van der Waals surface area contributed by atoms with E-state index in [1.165, 1.54) is 5.57 Å². The molecule has 0 saturated carbocycles. The minimum absolute atomic E-state index is 1.14. The van der Waals surface area contributed by atoms with Crippen LogP contribution in [0, 0.1) is 0 Å². The van der Waals surface area contributed by atoms with Crippen molar-refractivity contribution in [2.24, 2.45) is 0 Å². The maximum absolute atomic E-state index is 3.79. The number of rotatable bonds is 2. The van der Waals surface area contributed by atoms with E-state index in [4.69, 9.17) is 0 Å². The van der Waals surface area contributed by atoms with Gasteiger partial charge in [-0.05, 0) is 12.8 Å². The normalized spacial score (nSPS) is 6.20. The summed E-state index contributed by atoms with van der Waals surface area (Å²) in [4.78, 5) is 0. The fourth-order valence-electron chi connectivity index (χ4n) is 0.250. The molecule has 0 aromatic heterocycles. The lowest BCUT2D eigenvalue weighted by Crippen LogP contribution is -1.68. The Balaban J connectivity index is -0.000000105. The van der Waals surface area contributed by atoms with Gasteiger partial charge in [-0.15, -0.1) is 0 Å². The van der Waals surface area contributed by atoms with Gasteiger partial charge in [0, 0.05) is 0 Å². The monoisotopic (exact) mass is 144 g/mol. The van der Waals surface area contributed by atoms with Crippen molar-refractivity contribution in [1.29, 1.82) is 0 Å². The van der Waals surface area contributed by atoms with Crippen LogP contribution in [0.25, 0.3) is 0 Å². The van der Waals surface area contributed by atoms with Gasteiger partial charge in [0.15, 0.2) is 0 Å². The summed E-state index contributed by atoms with van der Waals surface area (Å²) < 4.78 is 0. The molecule has 64 valence electrons. The van der Waals surface area contributed by atoms with Gasteiger partial charge in [0.1, 0.15) is 0 Å². The second-order valence-corrected chi connectivity index (χ2v) is 1.46. The van der Waals surface area contributed by atoms with Crippen LogP contribution in [-0.2, 0) is 0 Å². The highest BCUT2D eigenvalue weighted by molar-refractivity contribution is 4.89. The van der Waals surface area contributed by atoms with Crippen molar-refractivity contribution in [1.82, 2.24) is 0 Å². The molecule has 0 saturated heterocycles. The van der Waals surface area contributed by atoms with Crippen LogP contribution in [0.2, 0.25) is 0 Å². The van der Waals surface area contributed by atoms with Crippen LogP contribution < -0.4 is 0 Å². The molecule has 0 heterocycles. The van der Waals surface area contributed by atoms with E-state index in [1.54, 1.807) is 0 Å². The lowest BCUT2D eigenvalue weighted by molar-refractivity contribution is 0.986. The predicted molar refractivity (Wildman–Crippen MR) is 52.4 cm³/mol. The van der Waals surface area contributed by atoms with Crippen molar-refractivity contribution in [3.8, 4) is 0 Å². The van der Waals surface area contributed by atoms with Gasteiger partial charge in [-0.1, -0.05) is 53.7 Å². The van der Waals surface area contributed by atoms with E-state index in [-0.39, 0.29) is 0 Å². The molecule has 0 aliphatic rings. The summed E-state index contributed by atoms with van der Waals surface area (Å²) in [5.74, 6) is 0. The van der Waals surface area contributed by atoms with Crippen molar-refractivity contribution in [3.63, 3.8) is 0 Å². The molecule has 0 heteroatoms. The van der Waals surface area contributed by atoms with E-state index in [2.05, 4.69) is 20.4 Å². The van der Waals surface area contributed by atoms with Gasteiger partial charge in [-0.25, -0.2) is 0 Å². The molecule has 0 unspecified atom stereocenters. The fourth-order valence-corrected chi connectivity index (χ4v) is 0.250. The molecule has 0 aliphatic heterocycles. The van der Waals surface area contributed by atoms with Crippen LogP contribution in [0.5, 0.6) is 0 Å². The maximum Gasteiger partial charge on any atom is -0.0352 e. The Bertz CT molecular complexity index is 38.0. The third-order valence-electron chi connectivity index (χ3n) is 1.000. The summed E-state index contributed by atoms with van der Waals surface area (Å²) in [5.41, 5.74) is 1.34. The molecule has 0 aliphatic carbocycles. The Labute approximate surface area is 67.3 Å². The predicted octanol–water partition coefficient (Wildman–Crippen LogP) is 4.42. The first-order chi connectivity index (χ1) is 4.81. The van der Waals surface area contributed by atoms with Gasteiger partial charge in [0.25, 0.3) is 0 Å². The zero-order valence-corrected chi connectivity index (χ0v) is 8.62. The van der Waals surface area contributed by atoms with Crippen LogP contribution >= 0.6 is 0 Å². The first-order valence-corrected chi connectivity index (χ1v) is 4.47. The maximum atomic E-state index is 3.79. The van der Waals surface area contributed by atoms with E-state index < -0.39 is 0 Å². The summed E-state index contributed by atoms with van der Waals surface area (Å²) >= 11 is 0. The number of hydrogen-bond acceptors (Lipinski definition) is 0. The van der Waals surface area contributed by atoms with Gasteiger partial charge < -0.3 is 0 Å². The van der Waals surface area contributed by atoms with E-state index in [0.717, 1.165) is 12.8 Å². The van der Waals surface area contributed by atoms with Crippen LogP contribution in [-0.4, -0.2) is 0 Å². The summed E-state index contributed by atoms with van der Waals surface area (Å²) in [6, 6.07) is 0. The summed E-state index contributed by atoms with van der Waals surface area (Å²) in [7, 11) is 0. The average Bonchev–Trinajstić information content (AvgIpc) is 2.10. The van der Waals surface area contributed by atoms with Gasteiger partial charge in [-0.2, -0.15) is 0 Å². The Morgan fingerprint density at radius 1 is 0.900 bits per heavy atom. The minimum Gasteiger partial charge on any atom is -0.0999 e. The molecule has 0 fully saturated rings. The quantitative estimate of drug-likeness (QED) is 0.503. The Morgan fingerprint density at radius 2 is 1.10 bits per heavy atom. The van der Waals surface area contributed by atoms with Crippen LogP contribution in [0.1, 0.15) is 54.4 Å². The summed E-state index contributed by atoms with van der Waals surface area (Å²) in [6.45, 7) is 16.1. The molecule has 0 rings (SSSR count). The van der Waals surface area contributed by atoms with Gasteiger partial charge >= 0.3 is 0 Å². The highest BCUT2D eigenvalue weighted by atomic mass is 13.8. The highest BCUT2D eigenvalue weighted by Crippen LogP contribution is 1.98. The lowest BCUT2D eigenvalue weighted by Gasteiger charge is -1.89. The Hall–Kier alpha value is -0.260. The topological polar surface area (TPSA) is 0 Å². The molecule has 0 radical (unpaired) electrons. The van der Waals surface area contributed by atoms with E-state index >= 15 is 0 Å². The third-order valence-corrected chi connectivity index (χ3v) is 1.000. The molecular weight excluding hydrogens is 120 g/mol. The van der Waals surface area contributed by atoms with Crippen LogP contribution in [0.3, 0.4) is 0 Å². The largest absolute Gasteiger partial charge is 0.0999 e. The Morgan fingerprint density at radius 3 is 1.10 bits per heavy atom. The van der Waals surface area contributed by atoms with Crippen molar-refractivity contribution in [3.05, 3.63) is 12.2 Å². The van der Waals surface area contributed by atoms with Crippen molar-refractivity contribution in [2.45, 2.75) is 54.4 Å². The highest BCUT2D eigenvalue weighted by Gasteiger charge is 1.78. The first kappa shape index (κ1) is 16.4. The van der Waals surface area contributed by atoms with E-state index in [0.29, 0.717) is 0 Å². The SMILES string of the molecule is C=C(CC)CC.CC.CC. The molecule has 0 bridgehead atoms. The van der Waals surface area contributed by atoms with E-state index in [9.17, 15) is 0 Å². The third kappa shape index (κ3) is 25.1. The molecule has 0 amide bonds. The second kappa shape index (κ2) is 23.3. The standard InChI is InChI=1S/C6H12.2C2H6/c1-4-6(3)5-2;2*1-2/h3-5H2,1-2H3;2*1-2H3. The molecule has 0 aromatic carbocycles. The fraction of sp³-hybridized carbons (Fsp3) is 0.800. The lowest BCUT2D eigenvalue weighted by atomic mass is 10.2. The zero-order valence-electron chi connectivity index (χ0n) is 8.62. The minimum atomic E-state index is 1.14. The van der Waals surface area contributed by atoms with E-state index in [1.807, 2.05) is 27.7 Å². The Kier molecular flexibility index (Phi) is 38.2. The zero-order chi connectivity index (χ0) is 8.99. The number of allylic oxidation sites excluding steroid dienone is 1. The van der Waals surface area contributed by atoms with Crippen molar-refractivity contribution in [2.75, 3.05) is 0 Å².